The third kappa shape index (κ3) is 2.15. The fraction of sp³-hybridized carbons (Fsp3) is 0.368. The van der Waals surface area contributed by atoms with Crippen LogP contribution in [0.5, 0.6) is 0 Å². The van der Waals surface area contributed by atoms with Crippen LogP contribution in [-0.4, -0.2) is 23.5 Å². The first-order valence-electron chi connectivity index (χ1n) is 8.02. The van der Waals surface area contributed by atoms with Gasteiger partial charge < -0.3 is 15.6 Å². The highest BCUT2D eigenvalue weighted by molar-refractivity contribution is 6.30. The van der Waals surface area contributed by atoms with Crippen LogP contribution in [0, 0.1) is 5.92 Å². The van der Waals surface area contributed by atoms with Gasteiger partial charge in [-0.25, -0.2) is 0 Å². The molecular weight excluding hydrogens is 310 g/mol. The fourth-order valence-electron chi connectivity index (χ4n) is 3.98. The molecule has 4 rings (SSSR count). The molecule has 3 N–H and O–H groups in total. The first kappa shape index (κ1) is 15.2. The van der Waals surface area contributed by atoms with Gasteiger partial charge in [0.2, 0.25) is 0 Å². The van der Waals surface area contributed by atoms with Gasteiger partial charge in [0, 0.05) is 29.1 Å². The van der Waals surface area contributed by atoms with Crippen molar-refractivity contribution in [1.29, 1.82) is 0 Å². The van der Waals surface area contributed by atoms with E-state index < -0.39 is 11.9 Å². The van der Waals surface area contributed by atoms with Crippen LogP contribution in [0.25, 0.3) is 5.57 Å². The van der Waals surface area contributed by atoms with Crippen molar-refractivity contribution >= 4 is 17.2 Å². The van der Waals surface area contributed by atoms with Crippen LogP contribution in [-0.2, 0) is 11.2 Å². The summed E-state index contributed by atoms with van der Waals surface area (Å²) < 4.78 is 5.98. The highest BCUT2D eigenvalue weighted by Gasteiger charge is 2.51. The number of hydrogen-bond donors (Lipinski definition) is 2. The van der Waals surface area contributed by atoms with E-state index in [9.17, 15) is 5.11 Å². The van der Waals surface area contributed by atoms with Gasteiger partial charge in [0.05, 0.1) is 0 Å². The molecule has 1 heterocycles. The zero-order chi connectivity index (χ0) is 16.2. The van der Waals surface area contributed by atoms with Crippen molar-refractivity contribution in [2.45, 2.75) is 31.7 Å². The highest BCUT2D eigenvalue weighted by atomic mass is 35.5. The predicted molar refractivity (Wildman–Crippen MR) is 91.7 cm³/mol. The number of ether oxygens (including phenoxy) is 1. The minimum Gasteiger partial charge on any atom is -0.364 e. The number of aliphatic hydroxyl groups is 1. The van der Waals surface area contributed by atoms with Crippen LogP contribution in [0.4, 0.5) is 0 Å². The van der Waals surface area contributed by atoms with Crippen molar-refractivity contribution in [1.82, 2.24) is 0 Å². The minimum absolute atomic E-state index is 0.336. The maximum Gasteiger partial charge on any atom is 0.183 e. The lowest BCUT2D eigenvalue weighted by molar-refractivity contribution is -0.118. The summed E-state index contributed by atoms with van der Waals surface area (Å²) in [5.74, 6) is 0.409. The quantitative estimate of drug-likeness (QED) is 0.876. The molecule has 3 aliphatic rings. The Morgan fingerprint density at radius 2 is 2.17 bits per heavy atom. The van der Waals surface area contributed by atoms with Crippen LogP contribution in [0.15, 0.2) is 52.6 Å². The lowest BCUT2D eigenvalue weighted by Crippen LogP contribution is -2.39. The molecule has 3 nitrogen and oxygen atoms in total. The second-order valence-electron chi connectivity index (χ2n) is 6.65. The lowest BCUT2D eigenvalue weighted by Gasteiger charge is -2.24. The summed E-state index contributed by atoms with van der Waals surface area (Å²) in [6.45, 7) is 2.46. The van der Waals surface area contributed by atoms with Crippen molar-refractivity contribution in [3.8, 4) is 0 Å². The molecule has 120 valence electrons. The van der Waals surface area contributed by atoms with Crippen LogP contribution in [0.3, 0.4) is 0 Å². The number of rotatable bonds is 2. The Kier molecular flexibility index (Phi) is 3.50. The maximum atomic E-state index is 10.6. The summed E-state index contributed by atoms with van der Waals surface area (Å²) in [5.41, 5.74) is 10.4. The molecule has 0 spiro atoms. The van der Waals surface area contributed by atoms with Gasteiger partial charge in [-0.05, 0) is 29.0 Å². The minimum atomic E-state index is -0.983. The fourth-order valence-corrected chi connectivity index (χ4v) is 4.39. The Morgan fingerprint density at radius 1 is 1.39 bits per heavy atom. The normalized spacial score (nSPS) is 32.5. The molecule has 1 aliphatic heterocycles. The standard InChI is InChI=1S/C19H20ClNO2/c1-11-6-7-14(15(20)8-11)16-17-13-5-3-2-4-12(13)9-19(17,10-21)23-18(16)22/h2-7,11,18,22H,8-10,21H2,1H3. The average Bonchev–Trinajstić information content (AvgIpc) is 2.98. The van der Waals surface area contributed by atoms with Crippen LogP contribution in [0.1, 0.15) is 24.5 Å². The van der Waals surface area contributed by atoms with E-state index in [1.807, 2.05) is 18.2 Å². The van der Waals surface area contributed by atoms with Crippen molar-refractivity contribution in [3.05, 3.63) is 63.7 Å². The average molecular weight is 330 g/mol. The van der Waals surface area contributed by atoms with Gasteiger partial charge in [-0.15, -0.1) is 0 Å². The molecule has 0 fully saturated rings. The molecule has 3 unspecified atom stereocenters. The molecule has 0 saturated heterocycles. The Labute approximate surface area is 141 Å². The Hall–Kier alpha value is -1.39. The molecule has 1 aromatic carbocycles. The summed E-state index contributed by atoms with van der Waals surface area (Å²) in [5, 5.41) is 11.4. The first-order chi connectivity index (χ1) is 11.1. The molecular formula is C19H20ClNO2. The largest absolute Gasteiger partial charge is 0.364 e. The van der Waals surface area contributed by atoms with Gasteiger partial charge >= 0.3 is 0 Å². The zero-order valence-corrected chi connectivity index (χ0v) is 13.8. The topological polar surface area (TPSA) is 55.5 Å². The number of aliphatic hydroxyl groups excluding tert-OH is 1. The molecule has 1 aromatic rings. The number of halogens is 1. The monoisotopic (exact) mass is 329 g/mol. The molecule has 4 heteroatoms. The van der Waals surface area contributed by atoms with E-state index in [-0.39, 0.29) is 0 Å². The summed E-state index contributed by atoms with van der Waals surface area (Å²) in [6.07, 6.45) is 4.64. The van der Waals surface area contributed by atoms with Gasteiger partial charge in [-0.3, -0.25) is 0 Å². The zero-order valence-electron chi connectivity index (χ0n) is 13.1. The Bertz CT molecular complexity index is 764. The van der Waals surface area contributed by atoms with Crippen LogP contribution < -0.4 is 5.73 Å². The van der Waals surface area contributed by atoms with E-state index in [0.29, 0.717) is 18.9 Å². The number of hydrogen-bond acceptors (Lipinski definition) is 3. The second-order valence-corrected chi connectivity index (χ2v) is 7.11. The lowest BCUT2D eigenvalue weighted by atomic mass is 9.86. The van der Waals surface area contributed by atoms with Crippen molar-refractivity contribution in [2.75, 3.05) is 6.54 Å². The van der Waals surface area contributed by atoms with Crippen molar-refractivity contribution in [3.63, 3.8) is 0 Å². The molecule has 0 aromatic heterocycles. The maximum absolute atomic E-state index is 10.6. The summed E-state index contributed by atoms with van der Waals surface area (Å²) >= 11 is 6.53. The van der Waals surface area contributed by atoms with Crippen LogP contribution >= 0.6 is 11.6 Å². The third-order valence-electron chi connectivity index (χ3n) is 5.08. The third-order valence-corrected chi connectivity index (χ3v) is 5.43. The molecule has 3 atom stereocenters. The summed E-state index contributed by atoms with van der Waals surface area (Å²) in [6, 6.07) is 8.21. The van der Waals surface area contributed by atoms with E-state index in [1.54, 1.807) is 0 Å². The van der Waals surface area contributed by atoms with E-state index in [2.05, 4.69) is 25.1 Å². The number of fused-ring (bicyclic) bond motifs is 3. The smallest absolute Gasteiger partial charge is 0.183 e. The predicted octanol–water partition coefficient (Wildman–Crippen LogP) is 3.13. The highest BCUT2D eigenvalue weighted by Crippen LogP contribution is 2.52. The van der Waals surface area contributed by atoms with E-state index in [1.165, 1.54) is 5.56 Å². The molecule has 23 heavy (non-hydrogen) atoms. The second kappa shape index (κ2) is 5.32. The van der Waals surface area contributed by atoms with Gasteiger partial charge in [-0.2, -0.15) is 0 Å². The van der Waals surface area contributed by atoms with Crippen molar-refractivity contribution in [2.24, 2.45) is 11.7 Å². The molecule has 0 radical (unpaired) electrons. The van der Waals surface area contributed by atoms with Crippen molar-refractivity contribution < 1.29 is 9.84 Å². The molecule has 0 bridgehead atoms. The SMILES string of the molecule is CC1C=CC(C2=C3c4ccccc4CC3(CN)OC2O)=C(Cl)C1. The first-order valence-corrected chi connectivity index (χ1v) is 8.39. The summed E-state index contributed by atoms with van der Waals surface area (Å²) in [4.78, 5) is 0. The Morgan fingerprint density at radius 3 is 2.91 bits per heavy atom. The molecule has 0 saturated carbocycles. The number of nitrogens with two attached hydrogens (primary N) is 1. The van der Waals surface area contributed by atoms with Gasteiger partial charge in [0.1, 0.15) is 5.60 Å². The molecule has 0 amide bonds. The van der Waals surface area contributed by atoms with Crippen LogP contribution in [0.2, 0.25) is 0 Å². The molecule has 2 aliphatic carbocycles. The number of benzene rings is 1. The Balaban J connectivity index is 1.96. The number of allylic oxidation sites excluding steroid dienone is 3. The van der Waals surface area contributed by atoms with Gasteiger partial charge in [0.15, 0.2) is 6.29 Å². The van der Waals surface area contributed by atoms with Gasteiger partial charge in [0.25, 0.3) is 0 Å². The van der Waals surface area contributed by atoms with Gasteiger partial charge in [-0.1, -0.05) is 54.9 Å². The van der Waals surface area contributed by atoms with E-state index in [4.69, 9.17) is 22.1 Å². The van der Waals surface area contributed by atoms with E-state index in [0.717, 1.165) is 33.7 Å². The van der Waals surface area contributed by atoms with E-state index >= 15 is 0 Å². The summed E-state index contributed by atoms with van der Waals surface area (Å²) in [7, 11) is 0.